The molecule has 0 aromatic heterocycles. The van der Waals surface area contributed by atoms with E-state index in [9.17, 15) is 9.59 Å². The van der Waals surface area contributed by atoms with Gasteiger partial charge in [0.05, 0.1) is 0 Å². The van der Waals surface area contributed by atoms with Crippen molar-refractivity contribution in [3.05, 3.63) is 61.5 Å². The van der Waals surface area contributed by atoms with Gasteiger partial charge in [-0.15, -0.1) is 0 Å². The van der Waals surface area contributed by atoms with Crippen LogP contribution in [0.15, 0.2) is 34.8 Å². The van der Waals surface area contributed by atoms with Crippen LogP contribution in [-0.2, 0) is 16.1 Å². The van der Waals surface area contributed by atoms with Crippen LogP contribution in [0, 0.1) is 13.8 Å². The van der Waals surface area contributed by atoms with Crippen molar-refractivity contribution < 1.29 is 14.3 Å². The highest BCUT2D eigenvalue weighted by molar-refractivity contribution is 9.10. The van der Waals surface area contributed by atoms with E-state index >= 15 is 0 Å². The molecule has 0 fully saturated rings. The van der Waals surface area contributed by atoms with Crippen LogP contribution >= 0.6 is 39.1 Å². The molecule has 2 atom stereocenters. The van der Waals surface area contributed by atoms with Crippen molar-refractivity contribution in [3.63, 3.8) is 0 Å². The highest BCUT2D eigenvalue weighted by Gasteiger charge is 2.28. The van der Waals surface area contributed by atoms with Crippen LogP contribution in [-0.4, -0.2) is 35.4 Å². The molecule has 2 aromatic carbocycles. The third kappa shape index (κ3) is 6.87. The zero-order valence-electron chi connectivity index (χ0n) is 19.0. The zero-order valence-corrected chi connectivity index (χ0v) is 22.1. The highest BCUT2D eigenvalue weighted by Crippen LogP contribution is 2.28. The monoisotopic (exact) mass is 542 g/mol. The Labute approximate surface area is 208 Å². The Kier molecular flexibility index (Phi) is 9.86. The molecule has 0 aliphatic carbocycles. The van der Waals surface area contributed by atoms with Gasteiger partial charge >= 0.3 is 0 Å². The molecule has 0 saturated carbocycles. The summed E-state index contributed by atoms with van der Waals surface area (Å²) in [6.45, 7) is 9.38. The fraction of sp³-hybridized carbons (Fsp3) is 0.417. The van der Waals surface area contributed by atoms with Crippen molar-refractivity contribution in [1.82, 2.24) is 10.2 Å². The van der Waals surface area contributed by atoms with Crippen LogP contribution in [0.5, 0.6) is 5.75 Å². The largest absolute Gasteiger partial charge is 0.484 e. The van der Waals surface area contributed by atoms with Crippen LogP contribution in [0.25, 0.3) is 0 Å². The van der Waals surface area contributed by atoms with Gasteiger partial charge in [0.1, 0.15) is 11.8 Å². The predicted octanol–water partition coefficient (Wildman–Crippen LogP) is 6.08. The number of halogens is 3. The summed E-state index contributed by atoms with van der Waals surface area (Å²) in [6.07, 6.45) is 0.786. The second kappa shape index (κ2) is 11.9. The van der Waals surface area contributed by atoms with Gasteiger partial charge in [0.15, 0.2) is 6.61 Å². The number of hydrogen-bond acceptors (Lipinski definition) is 3. The van der Waals surface area contributed by atoms with Gasteiger partial charge < -0.3 is 15.0 Å². The molecule has 2 amide bonds. The molecule has 32 heavy (non-hydrogen) atoms. The van der Waals surface area contributed by atoms with Crippen molar-refractivity contribution in [1.29, 1.82) is 0 Å². The number of nitrogens with one attached hydrogen (secondary N) is 1. The third-order valence-corrected chi connectivity index (χ3v) is 7.29. The zero-order chi connectivity index (χ0) is 24.0. The van der Waals surface area contributed by atoms with Gasteiger partial charge in [-0.1, -0.05) is 52.1 Å². The number of ether oxygens (including phenoxy) is 1. The molecule has 0 radical (unpaired) electrons. The third-order valence-electron chi connectivity index (χ3n) is 5.33. The van der Waals surface area contributed by atoms with E-state index in [0.29, 0.717) is 21.4 Å². The average molecular weight is 544 g/mol. The Morgan fingerprint density at radius 1 is 1.12 bits per heavy atom. The molecule has 0 heterocycles. The summed E-state index contributed by atoms with van der Waals surface area (Å²) in [7, 11) is 0. The smallest absolute Gasteiger partial charge is 0.261 e. The SMILES string of the molecule is CC[C@H](C)NC(=O)[C@H](C)N(Cc1c(Cl)cccc1Cl)C(=O)COc1cc(C)c(Br)c(C)c1. The lowest BCUT2D eigenvalue weighted by Crippen LogP contribution is -2.50. The molecule has 8 heteroatoms. The maximum Gasteiger partial charge on any atom is 0.261 e. The number of nitrogens with zero attached hydrogens (tertiary/aromatic N) is 1. The van der Waals surface area contributed by atoms with Crippen molar-refractivity contribution in [2.24, 2.45) is 0 Å². The molecule has 0 saturated heterocycles. The second-order valence-corrected chi connectivity index (χ2v) is 9.48. The van der Waals surface area contributed by atoms with Crippen molar-refractivity contribution in [2.75, 3.05) is 6.61 Å². The Morgan fingerprint density at radius 3 is 2.22 bits per heavy atom. The molecule has 0 aliphatic heterocycles. The summed E-state index contributed by atoms with van der Waals surface area (Å²) in [5.74, 6) is 0.00112. The predicted molar refractivity (Wildman–Crippen MR) is 133 cm³/mol. The first-order chi connectivity index (χ1) is 15.0. The Hall–Kier alpha value is -1.76. The fourth-order valence-corrected chi connectivity index (χ4v) is 3.87. The van der Waals surface area contributed by atoms with Gasteiger partial charge in [-0.2, -0.15) is 0 Å². The number of carbonyl (C=O) groups is 2. The summed E-state index contributed by atoms with van der Waals surface area (Å²) in [4.78, 5) is 27.5. The van der Waals surface area contributed by atoms with Gasteiger partial charge in [-0.25, -0.2) is 0 Å². The van der Waals surface area contributed by atoms with Crippen LogP contribution in [0.4, 0.5) is 0 Å². The van der Waals surface area contributed by atoms with E-state index in [0.717, 1.165) is 22.0 Å². The lowest BCUT2D eigenvalue weighted by atomic mass is 10.1. The summed E-state index contributed by atoms with van der Waals surface area (Å²) in [5, 5.41) is 3.80. The first kappa shape index (κ1) is 26.5. The molecule has 0 aliphatic rings. The molecule has 0 spiro atoms. The summed E-state index contributed by atoms with van der Waals surface area (Å²) >= 11 is 16.2. The lowest BCUT2D eigenvalue weighted by molar-refractivity contribution is -0.142. The summed E-state index contributed by atoms with van der Waals surface area (Å²) in [6, 6.07) is 8.13. The Balaban J connectivity index is 2.26. The topological polar surface area (TPSA) is 58.6 Å². The standard InChI is InChI=1S/C24H29BrCl2N2O3/c1-6-16(4)28-24(31)17(5)29(12-19-20(26)8-7-9-21(19)27)22(30)13-32-18-10-14(2)23(25)15(3)11-18/h7-11,16-17H,6,12-13H2,1-5H3,(H,28,31)/t16-,17-/m0/s1. The van der Waals surface area contributed by atoms with E-state index in [1.807, 2.05) is 39.8 Å². The van der Waals surface area contributed by atoms with E-state index in [1.54, 1.807) is 25.1 Å². The van der Waals surface area contributed by atoms with Gasteiger partial charge in [0.2, 0.25) is 5.91 Å². The maximum absolute atomic E-state index is 13.2. The van der Waals surface area contributed by atoms with Crippen molar-refractivity contribution in [2.45, 2.75) is 59.7 Å². The molecule has 2 aromatic rings. The van der Waals surface area contributed by atoms with Crippen LogP contribution in [0.2, 0.25) is 10.0 Å². The van der Waals surface area contributed by atoms with E-state index in [2.05, 4.69) is 21.2 Å². The van der Waals surface area contributed by atoms with Crippen molar-refractivity contribution in [3.8, 4) is 5.75 Å². The molecule has 1 N–H and O–H groups in total. The van der Waals surface area contributed by atoms with Gasteiger partial charge in [-0.05, 0) is 69.5 Å². The minimum absolute atomic E-state index is 0.00392. The molecular formula is C24H29BrCl2N2O3. The van der Waals surface area contributed by atoms with Gasteiger partial charge in [0, 0.05) is 32.7 Å². The van der Waals surface area contributed by atoms with Crippen LogP contribution in [0.1, 0.15) is 43.9 Å². The first-order valence-electron chi connectivity index (χ1n) is 10.5. The Morgan fingerprint density at radius 2 is 1.69 bits per heavy atom. The van der Waals surface area contributed by atoms with Crippen molar-refractivity contribution >= 4 is 50.9 Å². The van der Waals surface area contributed by atoms with Gasteiger partial charge in [-0.3, -0.25) is 9.59 Å². The fourth-order valence-electron chi connectivity index (χ4n) is 3.12. The molecular weight excluding hydrogens is 515 g/mol. The summed E-state index contributed by atoms with van der Waals surface area (Å²) < 4.78 is 6.79. The first-order valence-corrected chi connectivity index (χ1v) is 12.0. The normalized spacial score (nSPS) is 12.8. The Bertz CT molecular complexity index is 940. The molecule has 2 rings (SSSR count). The quantitative estimate of drug-likeness (QED) is 0.416. The van der Waals surface area contributed by atoms with Crippen LogP contribution < -0.4 is 10.1 Å². The number of amides is 2. The number of carbonyl (C=O) groups excluding carboxylic acids is 2. The molecule has 0 bridgehead atoms. The molecule has 0 unspecified atom stereocenters. The highest BCUT2D eigenvalue weighted by atomic mass is 79.9. The van der Waals surface area contributed by atoms with E-state index in [-0.39, 0.29) is 31.0 Å². The average Bonchev–Trinajstić information content (AvgIpc) is 2.74. The lowest BCUT2D eigenvalue weighted by Gasteiger charge is -2.30. The number of benzene rings is 2. The van der Waals surface area contributed by atoms with E-state index < -0.39 is 6.04 Å². The maximum atomic E-state index is 13.2. The summed E-state index contributed by atoms with van der Waals surface area (Å²) in [5.41, 5.74) is 2.60. The molecule has 174 valence electrons. The van der Waals surface area contributed by atoms with E-state index in [1.165, 1.54) is 4.90 Å². The van der Waals surface area contributed by atoms with E-state index in [4.69, 9.17) is 27.9 Å². The number of rotatable bonds is 9. The second-order valence-electron chi connectivity index (χ2n) is 7.88. The molecule has 5 nitrogen and oxygen atoms in total. The number of hydrogen-bond donors (Lipinski definition) is 1. The minimum atomic E-state index is -0.735. The van der Waals surface area contributed by atoms with Crippen LogP contribution in [0.3, 0.4) is 0 Å². The number of aryl methyl sites for hydroxylation is 2. The van der Waals surface area contributed by atoms with Gasteiger partial charge in [0.25, 0.3) is 5.91 Å². The minimum Gasteiger partial charge on any atom is -0.484 e.